The molecule has 1 aliphatic rings. The van der Waals surface area contributed by atoms with E-state index in [-0.39, 0.29) is 12.1 Å². The van der Waals surface area contributed by atoms with Crippen molar-refractivity contribution in [1.29, 1.82) is 0 Å². The lowest BCUT2D eigenvalue weighted by molar-refractivity contribution is 0.309. The fourth-order valence-corrected chi connectivity index (χ4v) is 4.95. The topological polar surface area (TPSA) is 58.9 Å². The molecule has 33 heavy (non-hydrogen) atoms. The molecule has 0 radical (unpaired) electrons. The van der Waals surface area contributed by atoms with Crippen molar-refractivity contribution in [2.75, 3.05) is 0 Å². The summed E-state index contributed by atoms with van der Waals surface area (Å²) in [5.41, 5.74) is 7.04. The molecular formula is C26H26N6S. The Kier molecular flexibility index (Phi) is 5.88. The van der Waals surface area contributed by atoms with Crippen LogP contribution in [0.25, 0.3) is 0 Å². The van der Waals surface area contributed by atoms with E-state index in [1.54, 1.807) is 0 Å². The summed E-state index contributed by atoms with van der Waals surface area (Å²) >= 11 is 5.84. The van der Waals surface area contributed by atoms with Crippen LogP contribution in [0.3, 0.4) is 0 Å². The summed E-state index contributed by atoms with van der Waals surface area (Å²) < 4.78 is 2.35. The molecule has 6 nitrogen and oxygen atoms in total. The maximum absolute atomic E-state index is 5.84. The molecule has 4 aromatic rings. The van der Waals surface area contributed by atoms with E-state index in [0.29, 0.717) is 6.54 Å². The first kappa shape index (κ1) is 21.3. The van der Waals surface area contributed by atoms with Gasteiger partial charge in [-0.05, 0) is 79.2 Å². The highest BCUT2D eigenvalue weighted by molar-refractivity contribution is 7.80. The number of pyridine rings is 3. The highest BCUT2D eigenvalue weighted by Gasteiger charge is 2.41. The summed E-state index contributed by atoms with van der Waals surface area (Å²) in [6.45, 7) is 5.85. The van der Waals surface area contributed by atoms with Gasteiger partial charge >= 0.3 is 0 Å². The van der Waals surface area contributed by atoms with Gasteiger partial charge in [0, 0.05) is 55.5 Å². The first-order chi connectivity index (χ1) is 16.1. The molecule has 1 saturated heterocycles. The monoisotopic (exact) mass is 454 g/mol. The molecule has 0 aliphatic carbocycles. The maximum Gasteiger partial charge on any atom is 0.170 e. The third-order valence-electron chi connectivity index (χ3n) is 6.29. The van der Waals surface area contributed by atoms with Crippen molar-refractivity contribution < 1.29 is 0 Å². The van der Waals surface area contributed by atoms with Gasteiger partial charge in [0.15, 0.2) is 5.11 Å². The zero-order valence-electron chi connectivity index (χ0n) is 18.7. The minimum Gasteiger partial charge on any atom is -0.352 e. The van der Waals surface area contributed by atoms with Crippen LogP contribution in [-0.4, -0.2) is 29.5 Å². The average Bonchev–Trinajstić information content (AvgIpc) is 3.31. The molecule has 5 heterocycles. The van der Waals surface area contributed by atoms with Gasteiger partial charge in [-0.3, -0.25) is 15.0 Å². The highest BCUT2D eigenvalue weighted by atomic mass is 32.1. The smallest absolute Gasteiger partial charge is 0.170 e. The van der Waals surface area contributed by atoms with E-state index in [4.69, 9.17) is 12.2 Å². The minimum atomic E-state index is -0.0344. The predicted molar refractivity (Wildman–Crippen MR) is 132 cm³/mol. The van der Waals surface area contributed by atoms with Crippen molar-refractivity contribution in [1.82, 2.24) is 29.7 Å². The lowest BCUT2D eigenvalue weighted by Gasteiger charge is -2.28. The molecule has 0 amide bonds. The van der Waals surface area contributed by atoms with Gasteiger partial charge in [-0.2, -0.15) is 0 Å². The van der Waals surface area contributed by atoms with Crippen LogP contribution in [0.4, 0.5) is 0 Å². The van der Waals surface area contributed by atoms with E-state index in [9.17, 15) is 0 Å². The largest absolute Gasteiger partial charge is 0.352 e. The van der Waals surface area contributed by atoms with Crippen LogP contribution in [0, 0.1) is 13.8 Å². The fraction of sp³-hybridized carbons (Fsp3) is 0.231. The molecule has 0 spiro atoms. The Labute approximate surface area is 199 Å². The number of nitrogens with one attached hydrogen (secondary N) is 1. The molecular weight excluding hydrogens is 428 g/mol. The molecule has 5 rings (SSSR count). The van der Waals surface area contributed by atoms with E-state index in [2.05, 4.69) is 61.8 Å². The van der Waals surface area contributed by atoms with Gasteiger partial charge in [-0.1, -0.05) is 12.1 Å². The summed E-state index contributed by atoms with van der Waals surface area (Å²) in [6, 6.07) is 16.5. The van der Waals surface area contributed by atoms with Gasteiger partial charge in [0.1, 0.15) is 0 Å². The summed E-state index contributed by atoms with van der Waals surface area (Å²) in [5.74, 6) is 0. The first-order valence-electron chi connectivity index (χ1n) is 11.0. The second-order valence-corrected chi connectivity index (χ2v) is 8.77. The minimum absolute atomic E-state index is 0.0226. The summed E-state index contributed by atoms with van der Waals surface area (Å²) in [4.78, 5) is 15.4. The second-order valence-electron chi connectivity index (χ2n) is 8.38. The number of aryl methyl sites for hydroxylation is 1. The fourth-order valence-electron chi connectivity index (χ4n) is 4.64. The van der Waals surface area contributed by atoms with Crippen molar-refractivity contribution in [2.24, 2.45) is 0 Å². The SMILES string of the molecule is Cc1cc([C@@H]2[C@H](c3ccccn3)NC(=S)N2Cc2ccncc2)c(C)n1Cc1cccnc1. The van der Waals surface area contributed by atoms with Crippen LogP contribution in [0.5, 0.6) is 0 Å². The first-order valence-corrected chi connectivity index (χ1v) is 11.4. The normalized spacial score (nSPS) is 17.9. The molecule has 0 unspecified atom stereocenters. The number of nitrogens with zero attached hydrogens (tertiary/aromatic N) is 5. The van der Waals surface area contributed by atoms with E-state index in [1.807, 2.05) is 61.3 Å². The summed E-state index contributed by atoms with van der Waals surface area (Å²) in [5, 5.41) is 4.30. The average molecular weight is 455 g/mol. The van der Waals surface area contributed by atoms with Crippen LogP contribution in [0.2, 0.25) is 0 Å². The van der Waals surface area contributed by atoms with Crippen LogP contribution in [0.1, 0.15) is 45.9 Å². The van der Waals surface area contributed by atoms with E-state index in [0.717, 1.165) is 17.4 Å². The quantitative estimate of drug-likeness (QED) is 0.433. The molecule has 2 atom stereocenters. The van der Waals surface area contributed by atoms with Crippen molar-refractivity contribution in [2.45, 2.75) is 39.0 Å². The zero-order chi connectivity index (χ0) is 22.8. The second kappa shape index (κ2) is 9.11. The molecule has 166 valence electrons. The molecule has 7 heteroatoms. The number of hydrogen-bond acceptors (Lipinski definition) is 4. The van der Waals surface area contributed by atoms with Crippen LogP contribution < -0.4 is 5.32 Å². The van der Waals surface area contributed by atoms with E-state index in [1.165, 1.54) is 28.1 Å². The van der Waals surface area contributed by atoms with Crippen LogP contribution >= 0.6 is 12.2 Å². The molecule has 0 saturated carbocycles. The van der Waals surface area contributed by atoms with Crippen LogP contribution in [-0.2, 0) is 13.1 Å². The molecule has 1 fully saturated rings. The highest BCUT2D eigenvalue weighted by Crippen LogP contribution is 2.41. The van der Waals surface area contributed by atoms with Crippen molar-refractivity contribution in [3.05, 3.63) is 113 Å². The van der Waals surface area contributed by atoms with Gasteiger partial charge in [0.05, 0.1) is 17.8 Å². The Morgan fingerprint density at radius 1 is 0.909 bits per heavy atom. The zero-order valence-corrected chi connectivity index (χ0v) is 19.5. The van der Waals surface area contributed by atoms with E-state index < -0.39 is 0 Å². The number of aromatic nitrogens is 4. The molecule has 1 N–H and O–H groups in total. The summed E-state index contributed by atoms with van der Waals surface area (Å²) in [7, 11) is 0. The lowest BCUT2D eigenvalue weighted by atomic mass is 9.96. The van der Waals surface area contributed by atoms with Gasteiger partial charge < -0.3 is 14.8 Å². The van der Waals surface area contributed by atoms with Crippen LogP contribution in [0.15, 0.2) is 79.5 Å². The Bertz CT molecular complexity index is 1240. The standard InChI is InChI=1S/C26H26N6S/c1-18-14-22(19(2)31(18)17-21-6-5-10-28-15-21)25-24(23-7-3-4-11-29-23)30-26(33)32(25)16-20-8-12-27-13-9-20/h3-15,24-25H,16-17H2,1-2H3,(H,30,33)/t24-,25+/m0/s1. The Morgan fingerprint density at radius 2 is 1.76 bits per heavy atom. The molecule has 1 aliphatic heterocycles. The molecule has 0 aromatic carbocycles. The number of hydrogen-bond donors (Lipinski definition) is 1. The predicted octanol–water partition coefficient (Wildman–Crippen LogP) is 4.51. The summed E-state index contributed by atoms with van der Waals surface area (Å²) in [6.07, 6.45) is 9.23. The molecule has 0 bridgehead atoms. The third kappa shape index (κ3) is 4.24. The number of rotatable bonds is 6. The Balaban J connectivity index is 1.56. The maximum atomic E-state index is 5.84. The van der Waals surface area contributed by atoms with Gasteiger partial charge in [-0.15, -0.1) is 0 Å². The number of thiocarbonyl (C=S) groups is 1. The van der Waals surface area contributed by atoms with E-state index >= 15 is 0 Å². The van der Waals surface area contributed by atoms with Crippen molar-refractivity contribution in [3.63, 3.8) is 0 Å². The van der Waals surface area contributed by atoms with Gasteiger partial charge in [0.2, 0.25) is 0 Å². The van der Waals surface area contributed by atoms with Crippen molar-refractivity contribution >= 4 is 17.3 Å². The Hall–Kier alpha value is -3.58. The lowest BCUT2D eigenvalue weighted by Crippen LogP contribution is -2.29. The molecule has 4 aromatic heterocycles. The van der Waals surface area contributed by atoms with Crippen molar-refractivity contribution in [3.8, 4) is 0 Å². The Morgan fingerprint density at radius 3 is 2.48 bits per heavy atom. The third-order valence-corrected chi connectivity index (χ3v) is 6.65. The van der Waals surface area contributed by atoms with Gasteiger partial charge in [-0.25, -0.2) is 0 Å². The van der Waals surface area contributed by atoms with Gasteiger partial charge in [0.25, 0.3) is 0 Å².